The maximum Gasteiger partial charge on any atom is 0.306 e. The summed E-state index contributed by atoms with van der Waals surface area (Å²) < 4.78 is 11.5. The predicted molar refractivity (Wildman–Crippen MR) is 86.1 cm³/mol. The van der Waals surface area contributed by atoms with E-state index >= 15 is 0 Å². The molecule has 0 saturated carbocycles. The van der Waals surface area contributed by atoms with Gasteiger partial charge in [0.05, 0.1) is 15.2 Å². The number of esters is 1. The third-order valence-corrected chi connectivity index (χ3v) is 4.41. The summed E-state index contributed by atoms with van der Waals surface area (Å²) in [5, 5.41) is 4.72. The van der Waals surface area contributed by atoms with Crippen LogP contribution in [0, 0.1) is 6.92 Å². The van der Waals surface area contributed by atoms with Gasteiger partial charge in [-0.25, -0.2) is 4.98 Å². The van der Waals surface area contributed by atoms with E-state index < -0.39 is 6.10 Å². The summed E-state index contributed by atoms with van der Waals surface area (Å²) in [4.78, 5) is 20.5. The van der Waals surface area contributed by atoms with E-state index in [1.165, 1.54) is 4.70 Å². The van der Waals surface area contributed by atoms with Gasteiger partial charge in [-0.15, -0.1) is 11.3 Å². The largest absolute Gasteiger partial charge is 0.453 e. The first-order valence-electron chi connectivity index (χ1n) is 7.46. The van der Waals surface area contributed by atoms with Crippen LogP contribution in [0.4, 0.5) is 0 Å². The number of rotatable bonds is 6. The Balaban J connectivity index is 1.47. The van der Waals surface area contributed by atoms with Crippen LogP contribution in [0.25, 0.3) is 10.2 Å². The minimum absolute atomic E-state index is 0.269. The second-order valence-corrected chi connectivity index (χ2v) is 6.36. The minimum Gasteiger partial charge on any atom is -0.453 e. The van der Waals surface area contributed by atoms with Gasteiger partial charge in [-0.3, -0.25) is 4.79 Å². The number of thiazole rings is 1. The Hall–Kier alpha value is -2.28. The van der Waals surface area contributed by atoms with Crippen LogP contribution < -0.4 is 0 Å². The van der Waals surface area contributed by atoms with Crippen LogP contribution in [0.5, 0.6) is 0 Å². The molecule has 1 aromatic carbocycles. The first-order chi connectivity index (χ1) is 11.1. The number of carbonyl (C=O) groups is 1. The van der Waals surface area contributed by atoms with E-state index in [9.17, 15) is 4.79 Å². The highest BCUT2D eigenvalue weighted by Gasteiger charge is 2.17. The van der Waals surface area contributed by atoms with Gasteiger partial charge >= 0.3 is 5.97 Å². The number of carbonyl (C=O) groups excluding carboxylic acids is 1. The predicted octanol–water partition coefficient (Wildman–Crippen LogP) is 3.61. The second kappa shape index (κ2) is 6.87. The molecule has 6 nitrogen and oxygen atoms in total. The molecular formula is C16H17N3O3S. The highest BCUT2D eigenvalue weighted by Crippen LogP contribution is 2.23. The van der Waals surface area contributed by atoms with Crippen molar-refractivity contribution in [1.29, 1.82) is 0 Å². The molecule has 0 fully saturated rings. The fourth-order valence-electron chi connectivity index (χ4n) is 2.20. The van der Waals surface area contributed by atoms with E-state index in [0.29, 0.717) is 24.6 Å². The molecule has 0 N–H and O–H groups in total. The van der Waals surface area contributed by atoms with Crippen molar-refractivity contribution in [3.8, 4) is 0 Å². The summed E-state index contributed by atoms with van der Waals surface area (Å²) in [7, 11) is 0. The number of nitrogens with zero attached hydrogens (tertiary/aromatic N) is 3. The summed E-state index contributed by atoms with van der Waals surface area (Å²) in [6.45, 7) is 3.44. The average Bonchev–Trinajstić information content (AvgIpc) is 3.12. The van der Waals surface area contributed by atoms with Gasteiger partial charge in [-0.1, -0.05) is 17.3 Å². The average molecular weight is 331 g/mol. The van der Waals surface area contributed by atoms with Gasteiger partial charge in [0.25, 0.3) is 5.89 Å². The Morgan fingerprint density at radius 1 is 1.35 bits per heavy atom. The molecule has 0 aliphatic rings. The zero-order valence-electron chi connectivity index (χ0n) is 13.0. The number of fused-ring (bicyclic) bond motifs is 1. The molecule has 0 spiro atoms. The summed E-state index contributed by atoms with van der Waals surface area (Å²) in [5.74, 6) is 0.579. The number of hydrogen-bond acceptors (Lipinski definition) is 7. The van der Waals surface area contributed by atoms with Gasteiger partial charge < -0.3 is 9.26 Å². The highest BCUT2D eigenvalue weighted by atomic mass is 32.1. The maximum atomic E-state index is 11.9. The van der Waals surface area contributed by atoms with Crippen molar-refractivity contribution in [1.82, 2.24) is 15.1 Å². The smallest absolute Gasteiger partial charge is 0.306 e. The first kappa shape index (κ1) is 15.6. The van der Waals surface area contributed by atoms with Crippen LogP contribution in [-0.2, 0) is 16.0 Å². The third-order valence-electron chi connectivity index (χ3n) is 3.31. The number of hydrogen-bond donors (Lipinski definition) is 0. The van der Waals surface area contributed by atoms with Crippen molar-refractivity contribution >= 4 is 27.5 Å². The topological polar surface area (TPSA) is 78.1 Å². The van der Waals surface area contributed by atoms with E-state index in [1.54, 1.807) is 25.2 Å². The van der Waals surface area contributed by atoms with Crippen LogP contribution in [-0.4, -0.2) is 21.1 Å². The molecule has 1 atom stereocenters. The van der Waals surface area contributed by atoms with Crippen LogP contribution >= 0.6 is 11.3 Å². The summed E-state index contributed by atoms with van der Waals surface area (Å²) in [6, 6.07) is 8.03. The van der Waals surface area contributed by atoms with Crippen molar-refractivity contribution in [2.75, 3.05) is 0 Å². The zero-order valence-corrected chi connectivity index (χ0v) is 13.8. The van der Waals surface area contributed by atoms with Crippen LogP contribution in [0.1, 0.15) is 42.6 Å². The molecule has 2 heterocycles. The lowest BCUT2D eigenvalue weighted by atomic mass is 10.2. The molecule has 23 heavy (non-hydrogen) atoms. The fourth-order valence-corrected chi connectivity index (χ4v) is 3.20. The van der Waals surface area contributed by atoms with Gasteiger partial charge in [0, 0.05) is 6.42 Å². The highest BCUT2D eigenvalue weighted by molar-refractivity contribution is 7.18. The summed E-state index contributed by atoms with van der Waals surface area (Å²) in [6.07, 6.45) is 1.29. The van der Waals surface area contributed by atoms with Crippen molar-refractivity contribution in [3.63, 3.8) is 0 Å². The van der Waals surface area contributed by atoms with Crippen LogP contribution in [0.3, 0.4) is 0 Å². The van der Waals surface area contributed by atoms with Crippen molar-refractivity contribution in [2.45, 2.75) is 39.2 Å². The van der Waals surface area contributed by atoms with Crippen LogP contribution in [0.2, 0.25) is 0 Å². The van der Waals surface area contributed by atoms with E-state index in [4.69, 9.17) is 9.26 Å². The monoisotopic (exact) mass is 331 g/mol. The molecule has 0 bridgehead atoms. The Labute approximate surface area is 137 Å². The summed E-state index contributed by atoms with van der Waals surface area (Å²) in [5.41, 5.74) is 1.01. The van der Waals surface area contributed by atoms with Crippen molar-refractivity contribution in [3.05, 3.63) is 41.0 Å². The standard InChI is InChI=1S/C16H17N3O3S/c1-10(16-17-11(2)19-22-16)21-15(20)9-5-8-14-18-12-6-3-4-7-13(12)23-14/h3-4,6-7,10H,5,8-9H2,1-2H3. The van der Waals surface area contributed by atoms with Gasteiger partial charge in [0.15, 0.2) is 11.9 Å². The SMILES string of the molecule is Cc1noc(C(C)OC(=O)CCCc2nc3ccccc3s2)n1. The molecule has 2 aromatic heterocycles. The number of aromatic nitrogens is 3. The molecule has 0 radical (unpaired) electrons. The molecule has 0 amide bonds. The Morgan fingerprint density at radius 3 is 2.91 bits per heavy atom. The third kappa shape index (κ3) is 3.92. The molecule has 3 aromatic rings. The van der Waals surface area contributed by atoms with Crippen molar-refractivity contribution < 1.29 is 14.1 Å². The lowest BCUT2D eigenvalue weighted by Crippen LogP contribution is -2.09. The van der Waals surface area contributed by atoms with E-state index in [-0.39, 0.29) is 5.97 Å². The van der Waals surface area contributed by atoms with Gasteiger partial charge in [-0.05, 0) is 38.8 Å². The molecule has 0 saturated heterocycles. The lowest BCUT2D eigenvalue weighted by molar-refractivity contribution is -0.149. The van der Waals surface area contributed by atoms with E-state index in [0.717, 1.165) is 16.9 Å². The van der Waals surface area contributed by atoms with E-state index in [2.05, 4.69) is 21.2 Å². The zero-order chi connectivity index (χ0) is 16.2. The maximum absolute atomic E-state index is 11.9. The Kier molecular flexibility index (Phi) is 4.66. The van der Waals surface area contributed by atoms with E-state index in [1.807, 2.05) is 18.2 Å². The molecule has 0 aliphatic carbocycles. The number of benzene rings is 1. The first-order valence-corrected chi connectivity index (χ1v) is 8.27. The van der Waals surface area contributed by atoms with Gasteiger partial charge in [0.1, 0.15) is 0 Å². The number of para-hydroxylation sites is 1. The molecule has 1 unspecified atom stereocenters. The van der Waals surface area contributed by atoms with Gasteiger partial charge in [0.2, 0.25) is 0 Å². The second-order valence-electron chi connectivity index (χ2n) is 5.24. The fraction of sp³-hybridized carbons (Fsp3) is 0.375. The minimum atomic E-state index is -0.522. The molecule has 7 heteroatoms. The number of ether oxygens (including phenoxy) is 1. The normalized spacial score (nSPS) is 12.4. The number of aryl methyl sites for hydroxylation is 2. The lowest BCUT2D eigenvalue weighted by Gasteiger charge is -2.08. The Morgan fingerprint density at radius 2 is 2.17 bits per heavy atom. The van der Waals surface area contributed by atoms with Gasteiger partial charge in [-0.2, -0.15) is 4.98 Å². The van der Waals surface area contributed by atoms with Crippen molar-refractivity contribution in [2.24, 2.45) is 0 Å². The molecule has 3 rings (SSSR count). The summed E-state index contributed by atoms with van der Waals surface area (Å²) >= 11 is 1.67. The molecular weight excluding hydrogens is 314 g/mol. The molecule has 120 valence electrons. The Bertz CT molecular complexity index is 779. The quantitative estimate of drug-likeness (QED) is 0.642. The molecule has 0 aliphatic heterocycles. The van der Waals surface area contributed by atoms with Crippen LogP contribution in [0.15, 0.2) is 28.8 Å².